The number of benzene rings is 1. The number of aromatic nitrogens is 2. The molecule has 4 nitrogen and oxygen atoms in total. The first-order chi connectivity index (χ1) is 8.16. The van der Waals surface area contributed by atoms with Gasteiger partial charge in [0.1, 0.15) is 5.82 Å². The first-order valence-electron chi connectivity index (χ1n) is 5.49. The molecule has 4 heteroatoms. The van der Waals surface area contributed by atoms with Crippen molar-refractivity contribution in [2.75, 3.05) is 0 Å². The van der Waals surface area contributed by atoms with Crippen LogP contribution < -0.4 is 5.56 Å². The average Bonchev–Trinajstić information content (AvgIpc) is 2.34. The molecule has 0 saturated carbocycles. The van der Waals surface area contributed by atoms with Gasteiger partial charge in [0.05, 0.1) is 5.56 Å². The molecule has 2 N–H and O–H groups in total. The molecule has 1 aromatic carbocycles. The fourth-order valence-corrected chi connectivity index (χ4v) is 1.59. The maximum atomic E-state index is 11.4. The van der Waals surface area contributed by atoms with E-state index < -0.39 is 0 Å². The molecular formula is C13H14N2O2. The van der Waals surface area contributed by atoms with Crippen molar-refractivity contribution in [3.05, 3.63) is 57.6 Å². The number of nitrogens with one attached hydrogen (secondary N) is 1. The van der Waals surface area contributed by atoms with Crippen LogP contribution in [0.25, 0.3) is 0 Å². The van der Waals surface area contributed by atoms with E-state index in [9.17, 15) is 9.90 Å². The third kappa shape index (κ3) is 2.72. The third-order valence-electron chi connectivity index (χ3n) is 2.67. The number of rotatable bonds is 3. The number of aromatic amines is 1. The zero-order valence-corrected chi connectivity index (χ0v) is 9.60. The van der Waals surface area contributed by atoms with Gasteiger partial charge in [0.15, 0.2) is 0 Å². The molecule has 2 aromatic rings. The molecule has 0 bridgehead atoms. The molecule has 0 aliphatic carbocycles. The zero-order chi connectivity index (χ0) is 12.3. The standard InChI is InChI=1S/C13H14N2O2/c1-9-12(16)14-11(15-13(9)17)8-7-10-5-3-2-4-6-10/h2-6H,7-8H2,1H3,(H2,14,15,16,17). The molecule has 0 fully saturated rings. The maximum Gasteiger partial charge on any atom is 0.257 e. The van der Waals surface area contributed by atoms with E-state index >= 15 is 0 Å². The molecule has 0 radical (unpaired) electrons. The monoisotopic (exact) mass is 230 g/mol. The highest BCUT2D eigenvalue weighted by Gasteiger charge is 2.05. The van der Waals surface area contributed by atoms with E-state index in [-0.39, 0.29) is 17.0 Å². The lowest BCUT2D eigenvalue weighted by atomic mass is 10.1. The minimum Gasteiger partial charge on any atom is -0.493 e. The first kappa shape index (κ1) is 11.4. The van der Waals surface area contributed by atoms with Crippen LogP contribution in [0.5, 0.6) is 5.88 Å². The van der Waals surface area contributed by atoms with Gasteiger partial charge in [-0.15, -0.1) is 0 Å². The van der Waals surface area contributed by atoms with Crippen molar-refractivity contribution in [1.29, 1.82) is 0 Å². The Kier molecular flexibility index (Phi) is 3.23. The van der Waals surface area contributed by atoms with Crippen molar-refractivity contribution in [3.8, 4) is 5.88 Å². The van der Waals surface area contributed by atoms with Gasteiger partial charge in [-0.2, -0.15) is 0 Å². The van der Waals surface area contributed by atoms with Crippen molar-refractivity contribution in [2.45, 2.75) is 19.8 Å². The van der Waals surface area contributed by atoms with E-state index in [4.69, 9.17) is 0 Å². The molecule has 1 heterocycles. The molecule has 0 spiro atoms. The molecule has 0 atom stereocenters. The minimum absolute atomic E-state index is 0.184. The summed E-state index contributed by atoms with van der Waals surface area (Å²) in [6.45, 7) is 1.54. The molecule has 2 rings (SSSR count). The Labute approximate surface area is 99.0 Å². The van der Waals surface area contributed by atoms with E-state index in [0.717, 1.165) is 6.42 Å². The zero-order valence-electron chi connectivity index (χ0n) is 9.60. The molecule has 88 valence electrons. The topological polar surface area (TPSA) is 66.0 Å². The number of hydrogen-bond acceptors (Lipinski definition) is 3. The average molecular weight is 230 g/mol. The normalized spacial score (nSPS) is 10.4. The molecule has 1 aromatic heterocycles. The number of hydrogen-bond donors (Lipinski definition) is 2. The highest BCUT2D eigenvalue weighted by Crippen LogP contribution is 2.08. The summed E-state index contributed by atoms with van der Waals surface area (Å²) in [5.41, 5.74) is 1.16. The molecule has 0 saturated heterocycles. The smallest absolute Gasteiger partial charge is 0.257 e. The van der Waals surface area contributed by atoms with Crippen LogP contribution in [-0.2, 0) is 12.8 Å². The highest BCUT2D eigenvalue weighted by atomic mass is 16.3. The fraction of sp³-hybridized carbons (Fsp3) is 0.231. The molecule has 0 aliphatic heterocycles. The van der Waals surface area contributed by atoms with Crippen LogP contribution >= 0.6 is 0 Å². The Bertz CT molecular complexity index is 561. The Hall–Kier alpha value is -2.10. The van der Waals surface area contributed by atoms with Crippen LogP contribution in [0.2, 0.25) is 0 Å². The molecular weight excluding hydrogens is 216 g/mol. The molecule has 0 amide bonds. The highest BCUT2D eigenvalue weighted by molar-refractivity contribution is 5.21. The molecule has 0 aliphatic rings. The Morgan fingerprint density at radius 3 is 2.59 bits per heavy atom. The summed E-state index contributed by atoms with van der Waals surface area (Å²) in [5, 5.41) is 9.45. The van der Waals surface area contributed by atoms with Crippen LogP contribution in [-0.4, -0.2) is 15.1 Å². The van der Waals surface area contributed by atoms with Crippen molar-refractivity contribution >= 4 is 0 Å². The Balaban J connectivity index is 2.13. The lowest BCUT2D eigenvalue weighted by molar-refractivity contribution is 0.442. The van der Waals surface area contributed by atoms with Crippen molar-refractivity contribution in [3.63, 3.8) is 0 Å². The second kappa shape index (κ2) is 4.82. The van der Waals surface area contributed by atoms with E-state index in [1.165, 1.54) is 5.56 Å². The van der Waals surface area contributed by atoms with Crippen LogP contribution in [0.1, 0.15) is 17.0 Å². The summed E-state index contributed by atoms with van der Waals surface area (Å²) in [6.07, 6.45) is 1.39. The van der Waals surface area contributed by atoms with Crippen molar-refractivity contribution < 1.29 is 5.11 Å². The number of aromatic hydroxyl groups is 1. The van der Waals surface area contributed by atoms with Gasteiger partial charge in [-0.3, -0.25) is 4.79 Å². The van der Waals surface area contributed by atoms with Crippen LogP contribution in [0.15, 0.2) is 35.1 Å². The second-order valence-corrected chi connectivity index (χ2v) is 3.95. The minimum atomic E-state index is -0.277. The number of H-pyrrole nitrogens is 1. The summed E-state index contributed by atoms with van der Waals surface area (Å²) in [5.74, 6) is 0.332. The summed E-state index contributed by atoms with van der Waals surface area (Å²) in [4.78, 5) is 18.0. The predicted octanol–water partition coefficient (Wildman–Crippen LogP) is 1.57. The molecule has 0 unspecified atom stereocenters. The van der Waals surface area contributed by atoms with Crippen molar-refractivity contribution in [2.24, 2.45) is 0 Å². The number of nitrogens with zero attached hydrogens (tertiary/aromatic N) is 1. The van der Waals surface area contributed by atoms with E-state index in [1.54, 1.807) is 6.92 Å². The van der Waals surface area contributed by atoms with Gasteiger partial charge in [-0.1, -0.05) is 30.3 Å². The summed E-state index contributed by atoms with van der Waals surface area (Å²) in [7, 11) is 0. The van der Waals surface area contributed by atoms with Crippen LogP contribution in [0, 0.1) is 6.92 Å². The van der Waals surface area contributed by atoms with Gasteiger partial charge in [-0.25, -0.2) is 4.98 Å². The van der Waals surface area contributed by atoms with E-state index in [0.29, 0.717) is 12.2 Å². The van der Waals surface area contributed by atoms with Gasteiger partial charge < -0.3 is 10.1 Å². The Morgan fingerprint density at radius 1 is 1.24 bits per heavy atom. The lowest BCUT2D eigenvalue weighted by Crippen LogP contribution is -2.14. The third-order valence-corrected chi connectivity index (χ3v) is 2.67. The SMILES string of the molecule is Cc1c(O)nc(CCc2ccccc2)[nH]c1=O. The molecule has 17 heavy (non-hydrogen) atoms. The predicted molar refractivity (Wildman–Crippen MR) is 65.1 cm³/mol. The fourth-order valence-electron chi connectivity index (χ4n) is 1.59. The van der Waals surface area contributed by atoms with E-state index in [1.807, 2.05) is 30.3 Å². The van der Waals surface area contributed by atoms with Gasteiger partial charge in [-0.05, 0) is 18.9 Å². The lowest BCUT2D eigenvalue weighted by Gasteiger charge is -2.03. The van der Waals surface area contributed by atoms with Gasteiger partial charge >= 0.3 is 0 Å². The summed E-state index contributed by atoms with van der Waals surface area (Å²) in [6, 6.07) is 9.94. The van der Waals surface area contributed by atoms with Gasteiger partial charge in [0, 0.05) is 6.42 Å². The van der Waals surface area contributed by atoms with Gasteiger partial charge in [0.2, 0.25) is 5.88 Å². The van der Waals surface area contributed by atoms with Crippen LogP contribution in [0.4, 0.5) is 0 Å². The Morgan fingerprint density at radius 2 is 1.94 bits per heavy atom. The largest absolute Gasteiger partial charge is 0.493 e. The van der Waals surface area contributed by atoms with Crippen molar-refractivity contribution in [1.82, 2.24) is 9.97 Å². The quantitative estimate of drug-likeness (QED) is 0.841. The summed E-state index contributed by atoms with van der Waals surface area (Å²) < 4.78 is 0. The number of aryl methyl sites for hydroxylation is 2. The first-order valence-corrected chi connectivity index (χ1v) is 5.49. The maximum absolute atomic E-state index is 11.4. The van der Waals surface area contributed by atoms with Crippen LogP contribution in [0.3, 0.4) is 0 Å². The van der Waals surface area contributed by atoms with Gasteiger partial charge in [0.25, 0.3) is 5.56 Å². The summed E-state index contributed by atoms with van der Waals surface area (Å²) >= 11 is 0. The second-order valence-electron chi connectivity index (χ2n) is 3.95. The van der Waals surface area contributed by atoms with E-state index in [2.05, 4.69) is 9.97 Å².